The maximum absolute atomic E-state index is 12.8. The van der Waals surface area contributed by atoms with Gasteiger partial charge in [0.25, 0.3) is 0 Å². The summed E-state index contributed by atoms with van der Waals surface area (Å²) >= 11 is 0. The molecule has 2 heterocycles. The SMILES string of the molecule is Cc1noc(-c2ccc(-c3ccc(C4(C(=O)O)CC4)cc3)c3c2OCOC3)c1NC(=O)OC(C)c1ccccc1. The van der Waals surface area contributed by atoms with Gasteiger partial charge in [0.05, 0.1) is 17.6 Å². The van der Waals surface area contributed by atoms with Crippen molar-refractivity contribution in [3.63, 3.8) is 0 Å². The number of aromatic nitrogens is 1. The minimum atomic E-state index is -0.783. The third-order valence-corrected chi connectivity index (χ3v) is 7.59. The number of amides is 1. The molecule has 9 heteroatoms. The van der Waals surface area contributed by atoms with Gasteiger partial charge in [-0.05, 0) is 55.0 Å². The van der Waals surface area contributed by atoms with E-state index in [2.05, 4.69) is 10.5 Å². The number of hydrogen-bond donors (Lipinski definition) is 2. The lowest BCUT2D eigenvalue weighted by molar-refractivity contribution is -0.140. The highest BCUT2D eigenvalue weighted by molar-refractivity contribution is 5.93. The Hall–Kier alpha value is -4.63. The molecule has 1 fully saturated rings. The van der Waals surface area contributed by atoms with Crippen LogP contribution < -0.4 is 10.1 Å². The zero-order valence-corrected chi connectivity index (χ0v) is 22.1. The van der Waals surface area contributed by atoms with Gasteiger partial charge < -0.3 is 23.8 Å². The number of fused-ring (bicyclic) bond motifs is 1. The summed E-state index contributed by atoms with van der Waals surface area (Å²) in [7, 11) is 0. The monoisotopic (exact) mass is 540 g/mol. The molecule has 4 aromatic rings. The first-order valence-corrected chi connectivity index (χ1v) is 13.1. The topological polar surface area (TPSA) is 120 Å². The van der Waals surface area contributed by atoms with Crippen LogP contribution in [0, 0.1) is 6.92 Å². The normalized spacial score (nSPS) is 15.8. The molecule has 0 saturated heterocycles. The van der Waals surface area contributed by atoms with Crippen LogP contribution in [0.4, 0.5) is 10.5 Å². The predicted molar refractivity (Wildman–Crippen MR) is 146 cm³/mol. The van der Waals surface area contributed by atoms with E-state index >= 15 is 0 Å². The molecule has 1 unspecified atom stereocenters. The van der Waals surface area contributed by atoms with Gasteiger partial charge in [-0.25, -0.2) is 4.79 Å². The van der Waals surface area contributed by atoms with Crippen molar-refractivity contribution in [2.24, 2.45) is 0 Å². The van der Waals surface area contributed by atoms with Gasteiger partial charge in [0.1, 0.15) is 23.2 Å². The summed E-state index contributed by atoms with van der Waals surface area (Å²) in [6.45, 7) is 3.92. The van der Waals surface area contributed by atoms with E-state index in [9.17, 15) is 14.7 Å². The first kappa shape index (κ1) is 25.6. The van der Waals surface area contributed by atoms with Crippen molar-refractivity contribution in [1.29, 1.82) is 0 Å². The van der Waals surface area contributed by atoms with E-state index in [4.69, 9.17) is 18.7 Å². The second-order valence-corrected chi connectivity index (χ2v) is 10.1. The van der Waals surface area contributed by atoms with E-state index in [0.717, 1.165) is 27.8 Å². The van der Waals surface area contributed by atoms with Gasteiger partial charge in [-0.15, -0.1) is 0 Å². The van der Waals surface area contributed by atoms with Crippen LogP contribution in [0.5, 0.6) is 5.75 Å². The summed E-state index contributed by atoms with van der Waals surface area (Å²) in [6, 6.07) is 20.9. The number of hydrogen-bond acceptors (Lipinski definition) is 7. The fourth-order valence-electron chi connectivity index (χ4n) is 5.13. The second kappa shape index (κ2) is 10.2. The van der Waals surface area contributed by atoms with Gasteiger partial charge in [-0.3, -0.25) is 10.1 Å². The fraction of sp³-hybridized carbons (Fsp3) is 0.258. The quantitative estimate of drug-likeness (QED) is 0.269. The molecule has 1 aromatic heterocycles. The van der Waals surface area contributed by atoms with Crippen LogP contribution >= 0.6 is 0 Å². The lowest BCUT2D eigenvalue weighted by Crippen LogP contribution is -2.19. The van der Waals surface area contributed by atoms with Gasteiger partial charge in [0, 0.05) is 5.56 Å². The largest absolute Gasteiger partial charge is 0.481 e. The third-order valence-electron chi connectivity index (χ3n) is 7.59. The first-order valence-electron chi connectivity index (χ1n) is 13.1. The third kappa shape index (κ3) is 4.58. The highest BCUT2D eigenvalue weighted by Crippen LogP contribution is 2.49. The summed E-state index contributed by atoms with van der Waals surface area (Å²) in [6.07, 6.45) is 0.223. The van der Waals surface area contributed by atoms with E-state index < -0.39 is 23.6 Å². The van der Waals surface area contributed by atoms with Crippen molar-refractivity contribution >= 4 is 17.7 Å². The van der Waals surface area contributed by atoms with Crippen molar-refractivity contribution in [2.45, 2.75) is 44.8 Å². The smallest absolute Gasteiger partial charge is 0.412 e. The molecule has 0 spiro atoms. The van der Waals surface area contributed by atoms with E-state index in [-0.39, 0.29) is 6.79 Å². The van der Waals surface area contributed by atoms with E-state index in [1.54, 1.807) is 13.8 Å². The summed E-state index contributed by atoms with van der Waals surface area (Å²) in [5, 5.41) is 16.5. The number of carboxylic acids is 1. The predicted octanol–water partition coefficient (Wildman–Crippen LogP) is 6.61. The van der Waals surface area contributed by atoms with Crippen molar-refractivity contribution in [3.05, 3.63) is 89.1 Å². The molecule has 1 atom stereocenters. The highest BCUT2D eigenvalue weighted by atomic mass is 16.7. The number of anilines is 1. The lowest BCUT2D eigenvalue weighted by Gasteiger charge is -2.23. The molecular formula is C31H28N2O7. The van der Waals surface area contributed by atoms with Crippen molar-refractivity contribution in [2.75, 3.05) is 12.1 Å². The number of benzene rings is 3. The zero-order chi connectivity index (χ0) is 27.9. The second-order valence-electron chi connectivity index (χ2n) is 10.1. The zero-order valence-electron chi connectivity index (χ0n) is 22.1. The van der Waals surface area contributed by atoms with Crippen LogP contribution in [-0.2, 0) is 26.3 Å². The molecule has 1 amide bonds. The van der Waals surface area contributed by atoms with E-state index in [0.29, 0.717) is 47.9 Å². The van der Waals surface area contributed by atoms with Crippen LogP contribution in [-0.4, -0.2) is 29.1 Å². The summed E-state index contributed by atoms with van der Waals surface area (Å²) < 4.78 is 22.8. The van der Waals surface area contributed by atoms with Crippen molar-refractivity contribution in [3.8, 4) is 28.2 Å². The Balaban J connectivity index is 1.29. The summed E-state index contributed by atoms with van der Waals surface area (Å²) in [4.78, 5) is 24.5. The number of carboxylic acid groups (broad SMARTS) is 1. The summed E-state index contributed by atoms with van der Waals surface area (Å²) in [5.74, 6) is 0.134. The number of aliphatic carboxylic acids is 1. The lowest BCUT2D eigenvalue weighted by atomic mass is 9.91. The number of ether oxygens (including phenoxy) is 3. The van der Waals surface area contributed by atoms with Gasteiger partial charge >= 0.3 is 12.1 Å². The molecule has 1 aliphatic carbocycles. The maximum Gasteiger partial charge on any atom is 0.412 e. The Morgan fingerprint density at radius 2 is 1.75 bits per heavy atom. The van der Waals surface area contributed by atoms with Crippen LogP contribution in [0.1, 0.15) is 48.3 Å². The first-order chi connectivity index (χ1) is 19.4. The molecule has 204 valence electrons. The minimum Gasteiger partial charge on any atom is -0.481 e. The standard InChI is InChI=1S/C31H28N2O7/c1-18-26(32-30(36)39-19(2)20-6-4-3-5-7-20)28(40-33-18)24-13-12-23(25-16-37-17-38-27(24)25)21-8-10-22(11-9-21)31(14-15-31)29(34)35/h3-13,19H,14-17H2,1-2H3,(H,32,36)(H,34,35). The highest BCUT2D eigenvalue weighted by Gasteiger charge is 2.51. The molecule has 40 heavy (non-hydrogen) atoms. The van der Waals surface area contributed by atoms with Gasteiger partial charge in [-0.2, -0.15) is 0 Å². The number of nitrogens with one attached hydrogen (secondary N) is 1. The maximum atomic E-state index is 12.8. The Morgan fingerprint density at radius 1 is 1.02 bits per heavy atom. The molecule has 6 rings (SSSR count). The van der Waals surface area contributed by atoms with Gasteiger partial charge in [0.2, 0.25) is 0 Å². The average Bonchev–Trinajstić information content (AvgIpc) is 3.72. The van der Waals surface area contributed by atoms with E-state index in [1.165, 1.54) is 0 Å². The number of carbonyl (C=O) groups excluding carboxylic acids is 1. The Labute approximate surface area is 230 Å². The van der Waals surface area contributed by atoms with Crippen LogP contribution in [0.2, 0.25) is 0 Å². The van der Waals surface area contributed by atoms with Crippen LogP contribution in [0.25, 0.3) is 22.5 Å². The molecular weight excluding hydrogens is 512 g/mol. The van der Waals surface area contributed by atoms with Gasteiger partial charge in [-0.1, -0.05) is 65.8 Å². The molecule has 2 aliphatic rings. The molecule has 1 aliphatic heterocycles. The molecule has 3 aromatic carbocycles. The van der Waals surface area contributed by atoms with Crippen molar-refractivity contribution < 1.29 is 33.4 Å². The summed E-state index contributed by atoms with van der Waals surface area (Å²) in [5.41, 5.74) is 5.05. The number of nitrogens with zero attached hydrogens (tertiary/aromatic N) is 1. The van der Waals surface area contributed by atoms with Gasteiger partial charge in [0.15, 0.2) is 12.6 Å². The Kier molecular flexibility index (Phi) is 6.51. The Morgan fingerprint density at radius 3 is 2.45 bits per heavy atom. The molecule has 9 nitrogen and oxygen atoms in total. The molecule has 1 saturated carbocycles. The van der Waals surface area contributed by atoms with Crippen LogP contribution in [0.15, 0.2) is 71.3 Å². The number of rotatable bonds is 7. The average molecular weight is 541 g/mol. The van der Waals surface area contributed by atoms with Crippen LogP contribution in [0.3, 0.4) is 0 Å². The molecule has 2 N–H and O–H groups in total. The Bertz CT molecular complexity index is 1570. The fourth-order valence-corrected chi connectivity index (χ4v) is 5.13. The minimum absolute atomic E-state index is 0.0655. The van der Waals surface area contributed by atoms with Crippen molar-refractivity contribution in [1.82, 2.24) is 5.16 Å². The molecule has 0 radical (unpaired) electrons. The number of carbonyl (C=O) groups is 2. The molecule has 0 bridgehead atoms. The van der Waals surface area contributed by atoms with E-state index in [1.807, 2.05) is 66.7 Å². The number of aryl methyl sites for hydroxylation is 1.